The largest absolute Gasteiger partial charge is 0.486 e. The van der Waals surface area contributed by atoms with Gasteiger partial charge in [0.2, 0.25) is 0 Å². The Balaban J connectivity index is 1.49. The molecule has 0 aliphatic carbocycles. The van der Waals surface area contributed by atoms with Crippen molar-refractivity contribution in [2.24, 2.45) is 4.99 Å². The number of hydrogen-bond donors (Lipinski definition) is 2. The lowest BCUT2D eigenvalue weighted by molar-refractivity contribution is 0.0724. The van der Waals surface area contributed by atoms with Gasteiger partial charge in [0.1, 0.15) is 6.10 Å². The number of guanidine groups is 1. The van der Waals surface area contributed by atoms with E-state index in [1.807, 2.05) is 36.1 Å². The van der Waals surface area contributed by atoms with E-state index in [9.17, 15) is 9.18 Å². The molecule has 6 nitrogen and oxygen atoms in total. The number of hydrogen-bond acceptors (Lipinski definition) is 3. The Hall–Kier alpha value is -3.09. The van der Waals surface area contributed by atoms with Gasteiger partial charge in [-0.2, -0.15) is 0 Å². The second-order valence-corrected chi connectivity index (χ2v) is 7.72. The molecule has 1 amide bonds. The van der Waals surface area contributed by atoms with Gasteiger partial charge in [0.15, 0.2) is 17.5 Å². The molecule has 2 aromatic rings. The van der Waals surface area contributed by atoms with E-state index >= 15 is 0 Å². The molecule has 0 spiro atoms. The van der Waals surface area contributed by atoms with Gasteiger partial charge in [0, 0.05) is 32.2 Å². The Morgan fingerprint density at radius 2 is 1.90 bits per heavy atom. The average molecular weight is 427 g/mol. The molecule has 2 N–H and O–H groups in total. The number of ether oxygens (including phenoxy) is 1. The smallest absolute Gasteiger partial charge is 0.253 e. The molecule has 1 unspecified atom stereocenters. The molecule has 1 fully saturated rings. The zero-order valence-electron chi connectivity index (χ0n) is 18.2. The molecule has 1 aliphatic rings. The number of piperidine rings is 1. The van der Waals surface area contributed by atoms with Crippen LogP contribution in [0.4, 0.5) is 4.39 Å². The molecule has 166 valence electrons. The number of nitrogens with one attached hydrogen (secondary N) is 2. The molecule has 1 saturated heterocycles. The van der Waals surface area contributed by atoms with Gasteiger partial charge >= 0.3 is 0 Å². The van der Waals surface area contributed by atoms with Crippen molar-refractivity contribution in [1.82, 2.24) is 15.5 Å². The van der Waals surface area contributed by atoms with Gasteiger partial charge in [-0.15, -0.1) is 0 Å². The van der Waals surface area contributed by atoms with Gasteiger partial charge in [-0.25, -0.2) is 4.39 Å². The van der Waals surface area contributed by atoms with Crippen LogP contribution in [0.2, 0.25) is 0 Å². The number of carbonyl (C=O) groups excluding carboxylic acids is 1. The van der Waals surface area contributed by atoms with Crippen LogP contribution < -0.4 is 15.4 Å². The summed E-state index contributed by atoms with van der Waals surface area (Å²) in [4.78, 5) is 18.9. The van der Waals surface area contributed by atoms with Crippen LogP contribution in [0.1, 0.15) is 42.1 Å². The summed E-state index contributed by atoms with van der Waals surface area (Å²) in [6.07, 6.45) is 3.10. The van der Waals surface area contributed by atoms with E-state index < -0.39 is 0 Å². The SMILES string of the molecule is CN=C(NCc1cccc(C(=O)N2CCCCC2)c1)NCC(C)Oc1ccccc1F. The van der Waals surface area contributed by atoms with Crippen LogP contribution in [-0.2, 0) is 6.54 Å². The summed E-state index contributed by atoms with van der Waals surface area (Å²) in [6, 6.07) is 14.1. The van der Waals surface area contributed by atoms with Gasteiger partial charge in [0.25, 0.3) is 5.91 Å². The highest BCUT2D eigenvalue weighted by atomic mass is 19.1. The second kappa shape index (κ2) is 11.3. The number of aliphatic imine (C=N–C) groups is 1. The predicted octanol–water partition coefficient (Wildman–Crippen LogP) is 3.58. The van der Waals surface area contributed by atoms with Crippen molar-refractivity contribution in [2.45, 2.75) is 38.8 Å². The van der Waals surface area contributed by atoms with Gasteiger partial charge < -0.3 is 20.3 Å². The molecule has 1 aliphatic heterocycles. The van der Waals surface area contributed by atoms with Gasteiger partial charge in [-0.3, -0.25) is 9.79 Å². The molecular formula is C24H31FN4O2. The van der Waals surface area contributed by atoms with Crippen LogP contribution in [0, 0.1) is 5.82 Å². The highest BCUT2D eigenvalue weighted by Gasteiger charge is 2.18. The van der Waals surface area contributed by atoms with Crippen molar-refractivity contribution in [3.05, 3.63) is 65.5 Å². The molecule has 0 bridgehead atoms. The summed E-state index contributed by atoms with van der Waals surface area (Å²) in [5.41, 5.74) is 1.72. The first kappa shape index (κ1) is 22.6. The lowest BCUT2D eigenvalue weighted by atomic mass is 10.1. The molecule has 2 aromatic carbocycles. The molecule has 3 rings (SSSR count). The Labute approximate surface area is 183 Å². The number of nitrogens with zero attached hydrogens (tertiary/aromatic N) is 2. The van der Waals surface area contributed by atoms with E-state index in [1.165, 1.54) is 12.5 Å². The minimum absolute atomic E-state index is 0.100. The Kier molecular flexibility index (Phi) is 8.27. The van der Waals surface area contributed by atoms with Crippen LogP contribution in [0.3, 0.4) is 0 Å². The second-order valence-electron chi connectivity index (χ2n) is 7.72. The molecular weight excluding hydrogens is 395 g/mol. The van der Waals surface area contributed by atoms with E-state index in [4.69, 9.17) is 4.74 Å². The molecule has 31 heavy (non-hydrogen) atoms. The lowest BCUT2D eigenvalue weighted by Crippen LogP contribution is -2.41. The Morgan fingerprint density at radius 1 is 1.13 bits per heavy atom. The van der Waals surface area contributed by atoms with Crippen molar-refractivity contribution >= 4 is 11.9 Å². The van der Waals surface area contributed by atoms with Crippen molar-refractivity contribution in [1.29, 1.82) is 0 Å². The summed E-state index contributed by atoms with van der Waals surface area (Å²) in [5, 5.41) is 6.43. The number of para-hydroxylation sites is 1. The zero-order valence-corrected chi connectivity index (χ0v) is 18.2. The summed E-state index contributed by atoms with van der Waals surface area (Å²) >= 11 is 0. The minimum atomic E-state index is -0.379. The van der Waals surface area contributed by atoms with Gasteiger partial charge in [-0.05, 0) is 56.0 Å². The Bertz CT molecular complexity index is 897. The third kappa shape index (κ3) is 6.70. The summed E-state index contributed by atoms with van der Waals surface area (Å²) in [7, 11) is 1.69. The van der Waals surface area contributed by atoms with Crippen LogP contribution in [0.25, 0.3) is 0 Å². The third-order valence-corrected chi connectivity index (χ3v) is 5.22. The third-order valence-electron chi connectivity index (χ3n) is 5.22. The van der Waals surface area contributed by atoms with Crippen molar-refractivity contribution in [3.8, 4) is 5.75 Å². The first-order chi connectivity index (χ1) is 15.1. The quantitative estimate of drug-likeness (QED) is 0.525. The van der Waals surface area contributed by atoms with E-state index in [0.717, 1.165) is 37.1 Å². The molecule has 0 aromatic heterocycles. The van der Waals surface area contributed by atoms with E-state index in [2.05, 4.69) is 15.6 Å². The van der Waals surface area contributed by atoms with E-state index in [0.29, 0.717) is 19.0 Å². The first-order valence-corrected chi connectivity index (χ1v) is 10.8. The van der Waals surface area contributed by atoms with Crippen molar-refractivity contribution in [3.63, 3.8) is 0 Å². The fourth-order valence-electron chi connectivity index (χ4n) is 3.54. The molecule has 0 saturated carbocycles. The molecule has 1 atom stereocenters. The highest BCUT2D eigenvalue weighted by molar-refractivity contribution is 5.94. The zero-order chi connectivity index (χ0) is 22.1. The van der Waals surface area contributed by atoms with Crippen molar-refractivity contribution in [2.75, 3.05) is 26.7 Å². The fraction of sp³-hybridized carbons (Fsp3) is 0.417. The number of amides is 1. The lowest BCUT2D eigenvalue weighted by Gasteiger charge is -2.26. The van der Waals surface area contributed by atoms with Crippen LogP contribution in [0.15, 0.2) is 53.5 Å². The number of halogens is 1. The highest BCUT2D eigenvalue weighted by Crippen LogP contribution is 2.17. The standard InChI is InChI=1S/C24H31FN4O2/c1-18(31-22-12-5-4-11-21(22)25)16-27-24(26-2)28-17-19-9-8-10-20(15-19)23(30)29-13-6-3-7-14-29/h4-5,8-12,15,18H,3,6-7,13-14,16-17H2,1-2H3,(H2,26,27,28). The molecule has 7 heteroatoms. The monoisotopic (exact) mass is 426 g/mol. The summed E-state index contributed by atoms with van der Waals surface area (Å²) in [5.74, 6) is 0.561. The predicted molar refractivity (Wildman–Crippen MR) is 121 cm³/mol. The number of benzene rings is 2. The summed E-state index contributed by atoms with van der Waals surface area (Å²) < 4.78 is 19.4. The number of rotatable bonds is 7. The summed E-state index contributed by atoms with van der Waals surface area (Å²) in [6.45, 7) is 4.53. The average Bonchev–Trinajstić information content (AvgIpc) is 2.81. The topological polar surface area (TPSA) is 66.0 Å². The van der Waals surface area contributed by atoms with E-state index in [1.54, 1.807) is 25.2 Å². The van der Waals surface area contributed by atoms with Crippen LogP contribution >= 0.6 is 0 Å². The number of likely N-dealkylation sites (tertiary alicyclic amines) is 1. The fourth-order valence-corrected chi connectivity index (χ4v) is 3.54. The van der Waals surface area contributed by atoms with E-state index in [-0.39, 0.29) is 23.6 Å². The normalized spacial score (nSPS) is 15.3. The first-order valence-electron chi connectivity index (χ1n) is 10.8. The minimum Gasteiger partial charge on any atom is -0.486 e. The van der Waals surface area contributed by atoms with Crippen molar-refractivity contribution < 1.29 is 13.9 Å². The molecule has 1 heterocycles. The van der Waals surface area contributed by atoms with Gasteiger partial charge in [0.05, 0.1) is 6.54 Å². The van der Waals surface area contributed by atoms with Crippen LogP contribution in [0.5, 0.6) is 5.75 Å². The Morgan fingerprint density at radius 3 is 2.65 bits per heavy atom. The van der Waals surface area contributed by atoms with Crippen LogP contribution in [-0.4, -0.2) is 49.6 Å². The molecule has 0 radical (unpaired) electrons. The number of carbonyl (C=O) groups is 1. The maximum atomic E-state index is 13.7. The maximum Gasteiger partial charge on any atom is 0.253 e. The van der Waals surface area contributed by atoms with Gasteiger partial charge in [-0.1, -0.05) is 24.3 Å². The maximum absolute atomic E-state index is 13.7.